The molecule has 3 aliphatic heterocycles. The standard InChI is InChI=1S/C40H38N2/c1-25-21-31-36-32(22-25)40(6,7)34-24-28(41(26-15-10-8-11-16-26)27-17-12-9-13-18-27)23-33-37(34)42(36)35-29(38(31,2)3)19-14-20-30(35)39(33,4)5/h8-24H,1-7H3. The van der Waals surface area contributed by atoms with Gasteiger partial charge in [-0.15, -0.1) is 0 Å². The molecule has 208 valence electrons. The summed E-state index contributed by atoms with van der Waals surface area (Å²) in [4.78, 5) is 5.08. The van der Waals surface area contributed by atoms with E-state index in [-0.39, 0.29) is 16.2 Å². The minimum absolute atomic E-state index is 0.0868. The predicted octanol–water partition coefficient (Wildman–Crippen LogP) is 10.9. The Bertz CT molecular complexity index is 1870. The highest BCUT2D eigenvalue weighted by atomic mass is 15.2. The van der Waals surface area contributed by atoms with Crippen molar-refractivity contribution in [3.05, 3.63) is 142 Å². The van der Waals surface area contributed by atoms with Crippen LogP contribution in [0.3, 0.4) is 0 Å². The van der Waals surface area contributed by atoms with E-state index in [1.807, 2.05) is 0 Å². The fraction of sp³-hybridized carbons (Fsp3) is 0.250. The Morgan fingerprint density at radius 3 is 1.26 bits per heavy atom. The lowest BCUT2D eigenvalue weighted by atomic mass is 9.60. The molecule has 0 saturated carbocycles. The first-order chi connectivity index (χ1) is 20.0. The van der Waals surface area contributed by atoms with E-state index in [0.29, 0.717) is 0 Å². The van der Waals surface area contributed by atoms with Gasteiger partial charge in [-0.2, -0.15) is 0 Å². The summed E-state index contributed by atoms with van der Waals surface area (Å²) in [7, 11) is 0. The summed E-state index contributed by atoms with van der Waals surface area (Å²) in [6.07, 6.45) is 0. The third kappa shape index (κ3) is 3.10. The molecule has 0 unspecified atom stereocenters. The molecule has 0 spiro atoms. The summed E-state index contributed by atoms with van der Waals surface area (Å²) in [5, 5.41) is 0. The summed E-state index contributed by atoms with van der Waals surface area (Å²) in [6, 6.07) is 38.5. The van der Waals surface area contributed by atoms with Gasteiger partial charge < -0.3 is 9.80 Å². The summed E-state index contributed by atoms with van der Waals surface area (Å²) in [5.41, 5.74) is 17.1. The number of hydrogen-bond acceptors (Lipinski definition) is 2. The second-order valence-corrected chi connectivity index (χ2v) is 14.0. The van der Waals surface area contributed by atoms with Crippen LogP contribution in [0.2, 0.25) is 0 Å². The van der Waals surface area contributed by atoms with Crippen molar-refractivity contribution in [2.45, 2.75) is 64.7 Å². The highest BCUT2D eigenvalue weighted by Gasteiger charge is 2.52. The van der Waals surface area contributed by atoms with Gasteiger partial charge in [0.05, 0.1) is 17.1 Å². The van der Waals surface area contributed by atoms with Gasteiger partial charge in [-0.25, -0.2) is 0 Å². The van der Waals surface area contributed by atoms with E-state index >= 15 is 0 Å². The first kappa shape index (κ1) is 25.4. The smallest absolute Gasteiger partial charge is 0.0545 e. The number of nitrogens with zero attached hydrogens (tertiary/aromatic N) is 2. The highest BCUT2D eigenvalue weighted by Crippen LogP contribution is 2.66. The predicted molar refractivity (Wildman–Crippen MR) is 177 cm³/mol. The maximum Gasteiger partial charge on any atom is 0.0545 e. The zero-order chi connectivity index (χ0) is 29.2. The van der Waals surface area contributed by atoms with E-state index < -0.39 is 0 Å². The topological polar surface area (TPSA) is 6.48 Å². The molecule has 0 bridgehead atoms. The molecule has 5 aromatic rings. The average molecular weight is 547 g/mol. The molecule has 42 heavy (non-hydrogen) atoms. The minimum Gasteiger partial charge on any atom is -0.310 e. The van der Waals surface area contributed by atoms with E-state index in [2.05, 4.69) is 161 Å². The van der Waals surface area contributed by atoms with Crippen molar-refractivity contribution >= 4 is 34.1 Å². The largest absolute Gasteiger partial charge is 0.310 e. The van der Waals surface area contributed by atoms with Gasteiger partial charge in [0, 0.05) is 33.3 Å². The minimum atomic E-state index is -0.179. The van der Waals surface area contributed by atoms with E-state index in [4.69, 9.17) is 0 Å². The van der Waals surface area contributed by atoms with Crippen LogP contribution in [-0.4, -0.2) is 0 Å². The Kier molecular flexibility index (Phi) is 4.94. The summed E-state index contributed by atoms with van der Waals surface area (Å²) in [5.74, 6) is 0. The van der Waals surface area contributed by atoms with Crippen molar-refractivity contribution in [1.29, 1.82) is 0 Å². The van der Waals surface area contributed by atoms with E-state index in [0.717, 1.165) is 0 Å². The summed E-state index contributed by atoms with van der Waals surface area (Å²) >= 11 is 0. The molecule has 0 aliphatic carbocycles. The summed E-state index contributed by atoms with van der Waals surface area (Å²) < 4.78 is 0. The SMILES string of the molecule is Cc1cc2c3c(c1)C(C)(C)c1cc(N(c4ccccc4)c4ccccc4)cc4c1N3c1c(cccc1C4(C)C)C2(C)C. The first-order valence-corrected chi connectivity index (χ1v) is 15.2. The van der Waals surface area contributed by atoms with Crippen LogP contribution in [0.15, 0.2) is 103 Å². The van der Waals surface area contributed by atoms with Crippen molar-refractivity contribution in [1.82, 2.24) is 0 Å². The number of hydrogen-bond donors (Lipinski definition) is 0. The lowest BCUT2D eigenvalue weighted by Gasteiger charge is -2.55. The number of para-hydroxylation sites is 3. The van der Waals surface area contributed by atoms with Gasteiger partial charge >= 0.3 is 0 Å². The molecule has 0 radical (unpaired) electrons. The van der Waals surface area contributed by atoms with E-state index in [1.54, 1.807) is 0 Å². The van der Waals surface area contributed by atoms with Crippen molar-refractivity contribution < 1.29 is 0 Å². The Morgan fingerprint density at radius 2 is 0.810 bits per heavy atom. The molecule has 5 aromatic carbocycles. The molecular weight excluding hydrogens is 508 g/mol. The number of rotatable bonds is 3. The van der Waals surface area contributed by atoms with Crippen molar-refractivity contribution in [3.8, 4) is 0 Å². The normalized spacial score (nSPS) is 17.5. The number of aryl methyl sites for hydroxylation is 1. The van der Waals surface area contributed by atoms with Crippen LogP contribution in [0.4, 0.5) is 34.1 Å². The van der Waals surface area contributed by atoms with Crippen LogP contribution < -0.4 is 9.80 Å². The van der Waals surface area contributed by atoms with Crippen LogP contribution in [0, 0.1) is 6.92 Å². The van der Waals surface area contributed by atoms with Gasteiger partial charge in [0.2, 0.25) is 0 Å². The van der Waals surface area contributed by atoms with Crippen LogP contribution in [0.5, 0.6) is 0 Å². The quantitative estimate of drug-likeness (QED) is 0.222. The molecule has 0 N–H and O–H groups in total. The first-order valence-electron chi connectivity index (χ1n) is 15.2. The fourth-order valence-electron chi connectivity index (χ4n) is 8.08. The summed E-state index contributed by atoms with van der Waals surface area (Å²) in [6.45, 7) is 16.8. The monoisotopic (exact) mass is 546 g/mol. The second-order valence-electron chi connectivity index (χ2n) is 14.0. The molecule has 3 heterocycles. The number of benzene rings is 5. The van der Waals surface area contributed by atoms with Gasteiger partial charge in [0.1, 0.15) is 0 Å². The molecule has 0 aromatic heterocycles. The van der Waals surface area contributed by atoms with Gasteiger partial charge in [-0.1, -0.05) is 114 Å². The number of anilines is 6. The van der Waals surface area contributed by atoms with Crippen LogP contribution in [0.1, 0.15) is 80.5 Å². The molecule has 0 saturated heterocycles. The molecule has 0 fully saturated rings. The van der Waals surface area contributed by atoms with Crippen molar-refractivity contribution in [3.63, 3.8) is 0 Å². The Labute approximate surface area is 250 Å². The lowest BCUT2D eigenvalue weighted by Crippen LogP contribution is -2.43. The Balaban J connectivity index is 1.51. The van der Waals surface area contributed by atoms with E-state index in [9.17, 15) is 0 Å². The maximum absolute atomic E-state index is 2.65. The molecule has 0 amide bonds. The molecule has 3 aliphatic rings. The molecule has 2 nitrogen and oxygen atoms in total. The maximum atomic E-state index is 2.65. The molecule has 2 heteroatoms. The zero-order valence-corrected chi connectivity index (χ0v) is 25.7. The van der Waals surface area contributed by atoms with Gasteiger partial charge in [0.15, 0.2) is 0 Å². The van der Waals surface area contributed by atoms with Gasteiger partial charge in [0.25, 0.3) is 0 Å². The van der Waals surface area contributed by atoms with E-state index in [1.165, 1.54) is 73.1 Å². The van der Waals surface area contributed by atoms with Gasteiger partial charge in [-0.3, -0.25) is 0 Å². The van der Waals surface area contributed by atoms with Crippen molar-refractivity contribution in [2.24, 2.45) is 0 Å². The molecular formula is C40H38N2. The van der Waals surface area contributed by atoms with Crippen LogP contribution >= 0.6 is 0 Å². The Hall–Kier alpha value is -4.30. The van der Waals surface area contributed by atoms with Gasteiger partial charge in [-0.05, 0) is 76.7 Å². The van der Waals surface area contributed by atoms with Crippen molar-refractivity contribution in [2.75, 3.05) is 9.80 Å². The lowest BCUT2D eigenvalue weighted by molar-refractivity contribution is 0.566. The third-order valence-corrected chi connectivity index (χ3v) is 10.4. The zero-order valence-electron chi connectivity index (χ0n) is 25.7. The third-order valence-electron chi connectivity index (χ3n) is 10.4. The average Bonchev–Trinajstić information content (AvgIpc) is 2.97. The highest BCUT2D eigenvalue weighted by molar-refractivity contribution is 5.99. The molecule has 8 rings (SSSR count). The Morgan fingerprint density at radius 1 is 0.429 bits per heavy atom. The van der Waals surface area contributed by atoms with Crippen LogP contribution in [0.25, 0.3) is 0 Å². The van der Waals surface area contributed by atoms with Crippen LogP contribution in [-0.2, 0) is 16.2 Å². The molecule has 0 atom stereocenters. The second kappa shape index (κ2) is 8.16. The fourth-order valence-corrected chi connectivity index (χ4v) is 8.08.